The fraction of sp³-hybridized carbons (Fsp3) is 0.333. The minimum atomic E-state index is -4.43. The van der Waals surface area contributed by atoms with E-state index in [4.69, 9.17) is 4.74 Å². The molecule has 1 N–H and O–H groups in total. The first-order valence-electron chi connectivity index (χ1n) is 7.85. The number of nitrogens with zero attached hydrogens (tertiary/aromatic N) is 1. The summed E-state index contributed by atoms with van der Waals surface area (Å²) < 4.78 is 42.9. The molecule has 140 valence electrons. The first kappa shape index (κ1) is 20.1. The van der Waals surface area contributed by atoms with Gasteiger partial charge in [0.25, 0.3) is 0 Å². The number of carbonyl (C=O) groups excluding carboxylic acids is 1. The SMILES string of the molecule is COc1ccc(NC(=O)C(Sc2ccc(C(F)(F)F)cn2)C(C)C)cc1. The van der Waals surface area contributed by atoms with Crippen LogP contribution in [-0.4, -0.2) is 23.3 Å². The fourth-order valence-corrected chi connectivity index (χ4v) is 3.09. The number of rotatable bonds is 6. The molecule has 0 radical (unpaired) electrons. The standard InChI is InChI=1S/C18H19F3N2O2S/c1-11(2)16(17(24)23-13-5-7-14(25-3)8-6-13)26-15-9-4-12(10-22-15)18(19,20)21/h4-11,16H,1-3H3,(H,23,24). The van der Waals surface area contributed by atoms with Crippen molar-refractivity contribution in [1.82, 2.24) is 4.98 Å². The van der Waals surface area contributed by atoms with Gasteiger partial charge in [0.15, 0.2) is 0 Å². The van der Waals surface area contributed by atoms with Crippen LogP contribution in [0.2, 0.25) is 0 Å². The number of aromatic nitrogens is 1. The summed E-state index contributed by atoms with van der Waals surface area (Å²) in [6.45, 7) is 3.74. The van der Waals surface area contributed by atoms with E-state index >= 15 is 0 Å². The van der Waals surface area contributed by atoms with Gasteiger partial charge < -0.3 is 10.1 Å². The second-order valence-corrected chi connectivity index (χ2v) is 7.04. The average molecular weight is 384 g/mol. The number of methoxy groups -OCH3 is 1. The number of anilines is 1. The van der Waals surface area contributed by atoms with Gasteiger partial charge in [-0.25, -0.2) is 4.98 Å². The van der Waals surface area contributed by atoms with E-state index in [1.165, 1.54) is 6.07 Å². The van der Waals surface area contributed by atoms with Crippen molar-refractivity contribution >= 4 is 23.4 Å². The zero-order valence-corrected chi connectivity index (χ0v) is 15.3. The van der Waals surface area contributed by atoms with Crippen molar-refractivity contribution < 1.29 is 22.7 Å². The number of halogens is 3. The van der Waals surface area contributed by atoms with Crippen LogP contribution in [0, 0.1) is 5.92 Å². The Kier molecular flexibility index (Phi) is 6.52. The van der Waals surface area contributed by atoms with Crippen LogP contribution in [-0.2, 0) is 11.0 Å². The molecule has 26 heavy (non-hydrogen) atoms. The third kappa shape index (κ3) is 5.39. The molecule has 2 rings (SSSR count). The van der Waals surface area contributed by atoms with E-state index in [-0.39, 0.29) is 11.8 Å². The molecule has 0 aliphatic carbocycles. The number of hydrogen-bond donors (Lipinski definition) is 1. The Morgan fingerprint density at radius 2 is 1.81 bits per heavy atom. The number of amides is 1. The molecule has 1 unspecified atom stereocenters. The second-order valence-electron chi connectivity index (χ2n) is 5.88. The molecule has 0 fully saturated rings. The van der Waals surface area contributed by atoms with Gasteiger partial charge in [-0.15, -0.1) is 0 Å². The molecule has 0 spiro atoms. The minimum Gasteiger partial charge on any atom is -0.497 e. The topological polar surface area (TPSA) is 51.2 Å². The van der Waals surface area contributed by atoms with Gasteiger partial charge in [0.05, 0.1) is 22.9 Å². The third-order valence-corrected chi connectivity index (χ3v) is 5.03. The van der Waals surface area contributed by atoms with Crippen LogP contribution in [0.4, 0.5) is 18.9 Å². The Labute approximate surface area is 154 Å². The van der Waals surface area contributed by atoms with Gasteiger partial charge in [0.2, 0.25) is 5.91 Å². The van der Waals surface area contributed by atoms with Gasteiger partial charge >= 0.3 is 6.18 Å². The smallest absolute Gasteiger partial charge is 0.417 e. The molecular weight excluding hydrogens is 365 g/mol. The normalized spacial score (nSPS) is 12.7. The highest BCUT2D eigenvalue weighted by atomic mass is 32.2. The summed E-state index contributed by atoms with van der Waals surface area (Å²) in [5, 5.41) is 2.67. The third-order valence-electron chi connectivity index (χ3n) is 3.53. The Morgan fingerprint density at radius 1 is 1.15 bits per heavy atom. The highest BCUT2D eigenvalue weighted by molar-refractivity contribution is 8.00. The van der Waals surface area contributed by atoms with Crippen LogP contribution in [0.5, 0.6) is 5.75 Å². The summed E-state index contributed by atoms with van der Waals surface area (Å²) in [6, 6.07) is 9.14. The molecule has 4 nitrogen and oxygen atoms in total. The first-order valence-corrected chi connectivity index (χ1v) is 8.73. The van der Waals surface area contributed by atoms with Crippen LogP contribution < -0.4 is 10.1 Å². The number of thioether (sulfide) groups is 1. The van der Waals surface area contributed by atoms with Crippen LogP contribution in [0.1, 0.15) is 19.4 Å². The second kappa shape index (κ2) is 8.44. The summed E-state index contributed by atoms with van der Waals surface area (Å²) in [5.41, 5.74) is -0.201. The number of benzene rings is 1. The van der Waals surface area contributed by atoms with Gasteiger partial charge in [0, 0.05) is 11.9 Å². The lowest BCUT2D eigenvalue weighted by atomic mass is 10.1. The molecule has 0 saturated heterocycles. The van der Waals surface area contributed by atoms with Gasteiger partial charge in [-0.2, -0.15) is 13.2 Å². The average Bonchev–Trinajstić information content (AvgIpc) is 2.59. The van der Waals surface area contributed by atoms with Crippen molar-refractivity contribution in [2.75, 3.05) is 12.4 Å². The molecular formula is C18H19F3N2O2S. The van der Waals surface area contributed by atoms with Crippen LogP contribution in [0.15, 0.2) is 47.6 Å². The largest absolute Gasteiger partial charge is 0.497 e. The van der Waals surface area contributed by atoms with E-state index in [2.05, 4.69) is 10.3 Å². The van der Waals surface area contributed by atoms with E-state index < -0.39 is 17.0 Å². The lowest BCUT2D eigenvalue weighted by Crippen LogP contribution is -2.29. The first-order chi connectivity index (χ1) is 12.2. The van der Waals surface area contributed by atoms with Crippen LogP contribution in [0.3, 0.4) is 0 Å². The number of ether oxygens (including phenoxy) is 1. The van der Waals surface area contributed by atoms with Crippen molar-refractivity contribution in [3.8, 4) is 5.75 Å². The maximum Gasteiger partial charge on any atom is 0.417 e. The van der Waals surface area contributed by atoms with E-state index in [0.29, 0.717) is 16.5 Å². The maximum atomic E-state index is 12.6. The lowest BCUT2D eigenvalue weighted by Gasteiger charge is -2.19. The summed E-state index contributed by atoms with van der Waals surface area (Å²) in [7, 11) is 1.55. The Morgan fingerprint density at radius 3 is 2.27 bits per heavy atom. The van der Waals surface area contributed by atoms with Crippen LogP contribution in [0.25, 0.3) is 0 Å². The number of nitrogens with one attached hydrogen (secondary N) is 1. The molecule has 1 aromatic carbocycles. The Bertz CT molecular complexity index is 732. The van der Waals surface area contributed by atoms with Crippen LogP contribution >= 0.6 is 11.8 Å². The van der Waals surface area contributed by atoms with Crippen molar-refractivity contribution in [3.63, 3.8) is 0 Å². The zero-order valence-electron chi connectivity index (χ0n) is 14.5. The molecule has 8 heteroatoms. The van der Waals surface area contributed by atoms with Gasteiger partial charge in [-0.05, 0) is 42.3 Å². The van der Waals surface area contributed by atoms with Gasteiger partial charge in [0.1, 0.15) is 5.75 Å². The van der Waals surface area contributed by atoms with Crippen molar-refractivity contribution in [2.45, 2.75) is 30.3 Å². The number of alkyl halides is 3. The van der Waals surface area contributed by atoms with E-state index in [1.54, 1.807) is 31.4 Å². The van der Waals surface area contributed by atoms with Gasteiger partial charge in [-0.3, -0.25) is 4.79 Å². The summed E-state index contributed by atoms with van der Waals surface area (Å²) in [5.74, 6) is 0.394. The van der Waals surface area contributed by atoms with E-state index in [9.17, 15) is 18.0 Å². The quantitative estimate of drug-likeness (QED) is 0.723. The summed E-state index contributed by atoms with van der Waals surface area (Å²) >= 11 is 1.14. The monoisotopic (exact) mass is 384 g/mol. The predicted molar refractivity (Wildman–Crippen MR) is 95.3 cm³/mol. The molecule has 0 aliphatic rings. The molecule has 0 bridgehead atoms. The molecule has 1 aromatic heterocycles. The lowest BCUT2D eigenvalue weighted by molar-refractivity contribution is -0.137. The molecule has 0 saturated carbocycles. The molecule has 1 atom stereocenters. The summed E-state index contributed by atoms with van der Waals surface area (Å²) in [6.07, 6.45) is -3.65. The molecule has 1 amide bonds. The van der Waals surface area contributed by atoms with Crippen molar-refractivity contribution in [1.29, 1.82) is 0 Å². The van der Waals surface area contributed by atoms with Crippen molar-refractivity contribution in [2.24, 2.45) is 5.92 Å². The molecule has 2 aromatic rings. The Balaban J connectivity index is 2.08. The molecule has 1 heterocycles. The highest BCUT2D eigenvalue weighted by Gasteiger charge is 2.31. The Hall–Kier alpha value is -2.22. The summed E-state index contributed by atoms with van der Waals surface area (Å²) in [4.78, 5) is 16.4. The number of hydrogen-bond acceptors (Lipinski definition) is 4. The van der Waals surface area contributed by atoms with E-state index in [0.717, 1.165) is 24.0 Å². The number of pyridine rings is 1. The fourth-order valence-electron chi connectivity index (χ4n) is 2.13. The maximum absolute atomic E-state index is 12.6. The number of carbonyl (C=O) groups is 1. The van der Waals surface area contributed by atoms with E-state index in [1.807, 2.05) is 13.8 Å². The molecule has 0 aliphatic heterocycles. The van der Waals surface area contributed by atoms with Crippen molar-refractivity contribution in [3.05, 3.63) is 48.2 Å². The zero-order chi connectivity index (χ0) is 19.3. The highest BCUT2D eigenvalue weighted by Crippen LogP contribution is 2.32. The minimum absolute atomic E-state index is 0.0395. The van der Waals surface area contributed by atoms with Gasteiger partial charge in [-0.1, -0.05) is 25.6 Å². The predicted octanol–water partition coefficient (Wildman–Crippen LogP) is 4.86.